The van der Waals surface area contributed by atoms with Crippen LogP contribution in [-0.4, -0.2) is 44.3 Å². The Balaban J connectivity index is 0.000000220. The van der Waals surface area contributed by atoms with Gasteiger partial charge in [0.05, 0.1) is 12.5 Å². The Kier molecular flexibility index (Phi) is 5.06. The van der Waals surface area contributed by atoms with Crippen molar-refractivity contribution in [1.82, 2.24) is 0 Å². The molecular weight excluding hydrogens is 304 g/mol. The Hall–Kier alpha value is -3.56. The van der Waals surface area contributed by atoms with E-state index in [1.54, 1.807) is 0 Å². The number of rotatable bonds is 4. The van der Waals surface area contributed by atoms with Gasteiger partial charge in [-0.3, -0.25) is 0 Å². The maximum atomic E-state index is 10.3. The van der Waals surface area contributed by atoms with E-state index in [2.05, 4.69) is 8.83 Å². The summed E-state index contributed by atoms with van der Waals surface area (Å²) in [6.07, 6.45) is 2.04. The average Bonchev–Trinajstić information content (AvgIpc) is 3.08. The first-order chi connectivity index (χ1) is 10.3. The summed E-state index contributed by atoms with van der Waals surface area (Å²) in [5.74, 6) is -6.47. The number of carboxylic acids is 4. The zero-order valence-corrected chi connectivity index (χ0v) is 10.5. The number of aromatic carboxylic acids is 4. The molecule has 2 rings (SSSR count). The number of carboxylic acid groups (broad SMARTS) is 4. The van der Waals surface area contributed by atoms with E-state index in [-0.39, 0.29) is 11.1 Å². The van der Waals surface area contributed by atoms with Gasteiger partial charge in [-0.05, 0) is 12.1 Å². The van der Waals surface area contributed by atoms with Gasteiger partial charge in [0.25, 0.3) is 0 Å². The van der Waals surface area contributed by atoms with E-state index in [0.717, 1.165) is 24.7 Å². The molecule has 22 heavy (non-hydrogen) atoms. The van der Waals surface area contributed by atoms with Crippen LogP contribution in [-0.2, 0) is 0 Å². The van der Waals surface area contributed by atoms with Crippen molar-refractivity contribution in [3.05, 3.63) is 47.3 Å². The van der Waals surface area contributed by atoms with Crippen LogP contribution in [0.4, 0.5) is 0 Å². The van der Waals surface area contributed by atoms with Crippen LogP contribution < -0.4 is 0 Å². The molecule has 0 saturated carbocycles. The third-order valence-corrected chi connectivity index (χ3v) is 2.18. The molecule has 0 aliphatic carbocycles. The quantitative estimate of drug-likeness (QED) is 0.644. The van der Waals surface area contributed by atoms with Gasteiger partial charge < -0.3 is 29.3 Å². The van der Waals surface area contributed by atoms with Crippen LogP contribution in [0.3, 0.4) is 0 Å². The molecule has 4 N–H and O–H groups in total. The SMILES string of the molecule is O=C(O)c1ccoc1C(=O)O.O=C(O)c1ccoc1C(=O)O. The summed E-state index contributed by atoms with van der Waals surface area (Å²) in [5, 5.41) is 33.5. The van der Waals surface area contributed by atoms with Crippen molar-refractivity contribution in [2.45, 2.75) is 0 Å². The van der Waals surface area contributed by atoms with Crippen LogP contribution in [0.2, 0.25) is 0 Å². The Morgan fingerprint density at radius 3 is 1.14 bits per heavy atom. The molecule has 0 aliphatic rings. The summed E-state index contributed by atoms with van der Waals surface area (Å²) >= 11 is 0. The number of carbonyl (C=O) groups is 4. The van der Waals surface area contributed by atoms with E-state index in [1.807, 2.05) is 0 Å². The van der Waals surface area contributed by atoms with E-state index < -0.39 is 35.4 Å². The van der Waals surface area contributed by atoms with Crippen LogP contribution in [0.5, 0.6) is 0 Å². The highest BCUT2D eigenvalue weighted by atomic mass is 16.4. The lowest BCUT2D eigenvalue weighted by Crippen LogP contribution is -2.03. The maximum absolute atomic E-state index is 10.3. The monoisotopic (exact) mass is 312 g/mol. The summed E-state index contributed by atoms with van der Waals surface area (Å²) in [6.45, 7) is 0. The Morgan fingerprint density at radius 1 is 0.636 bits per heavy atom. The van der Waals surface area contributed by atoms with Crippen molar-refractivity contribution in [3.8, 4) is 0 Å². The van der Waals surface area contributed by atoms with Crippen molar-refractivity contribution in [2.24, 2.45) is 0 Å². The molecule has 0 aromatic carbocycles. The van der Waals surface area contributed by atoms with Crippen molar-refractivity contribution < 1.29 is 48.4 Å². The molecule has 0 saturated heterocycles. The zero-order valence-electron chi connectivity index (χ0n) is 10.5. The first kappa shape index (κ1) is 16.5. The number of furan rings is 2. The molecule has 0 fully saturated rings. The van der Waals surface area contributed by atoms with E-state index >= 15 is 0 Å². The molecule has 2 heterocycles. The lowest BCUT2D eigenvalue weighted by molar-refractivity contribution is 0.0625. The summed E-state index contributed by atoms with van der Waals surface area (Å²) in [6, 6.07) is 2.18. The molecule has 2 aromatic heterocycles. The zero-order chi connectivity index (χ0) is 16.9. The smallest absolute Gasteiger partial charge is 0.372 e. The van der Waals surface area contributed by atoms with Crippen molar-refractivity contribution >= 4 is 23.9 Å². The minimum atomic E-state index is -1.38. The molecule has 0 bridgehead atoms. The van der Waals surface area contributed by atoms with Crippen LogP contribution in [0.1, 0.15) is 41.8 Å². The Morgan fingerprint density at radius 2 is 0.955 bits per heavy atom. The molecule has 116 valence electrons. The van der Waals surface area contributed by atoms with E-state index in [1.165, 1.54) is 0 Å². The molecule has 0 aliphatic heterocycles. The van der Waals surface area contributed by atoms with Gasteiger partial charge in [-0.25, -0.2) is 19.2 Å². The largest absolute Gasteiger partial charge is 0.478 e. The highest BCUT2D eigenvalue weighted by Crippen LogP contribution is 2.10. The summed E-state index contributed by atoms with van der Waals surface area (Å²) in [4.78, 5) is 41.0. The minimum Gasteiger partial charge on any atom is -0.478 e. The highest BCUT2D eigenvalue weighted by molar-refractivity contribution is 6.00. The topological polar surface area (TPSA) is 175 Å². The molecule has 0 radical (unpaired) electrons. The van der Waals surface area contributed by atoms with Crippen LogP contribution in [0, 0.1) is 0 Å². The van der Waals surface area contributed by atoms with E-state index in [4.69, 9.17) is 20.4 Å². The second kappa shape index (κ2) is 6.74. The van der Waals surface area contributed by atoms with Gasteiger partial charge in [0.2, 0.25) is 11.5 Å². The van der Waals surface area contributed by atoms with Gasteiger partial charge in [0.1, 0.15) is 11.1 Å². The fraction of sp³-hybridized carbons (Fsp3) is 0. The Labute approximate surface area is 120 Å². The fourth-order valence-corrected chi connectivity index (χ4v) is 1.29. The van der Waals surface area contributed by atoms with Crippen LogP contribution in [0.25, 0.3) is 0 Å². The standard InChI is InChI=1S/2C6H4O5/c2*7-5(8)3-1-2-11-4(3)6(9)10/h2*1-2H,(H,7,8)(H,9,10). The molecule has 0 atom stereocenters. The van der Waals surface area contributed by atoms with Gasteiger partial charge in [-0.2, -0.15) is 0 Å². The molecule has 0 spiro atoms. The normalized spacial score (nSPS) is 9.45. The highest BCUT2D eigenvalue weighted by Gasteiger charge is 2.19. The van der Waals surface area contributed by atoms with Crippen molar-refractivity contribution in [1.29, 1.82) is 0 Å². The third-order valence-electron chi connectivity index (χ3n) is 2.18. The number of hydrogen-bond donors (Lipinski definition) is 4. The van der Waals surface area contributed by atoms with Gasteiger partial charge in [-0.15, -0.1) is 0 Å². The van der Waals surface area contributed by atoms with Gasteiger partial charge in [-0.1, -0.05) is 0 Å². The predicted molar refractivity (Wildman–Crippen MR) is 65.3 cm³/mol. The van der Waals surface area contributed by atoms with Crippen LogP contribution in [0.15, 0.2) is 33.5 Å². The van der Waals surface area contributed by atoms with Gasteiger partial charge in [0.15, 0.2) is 0 Å². The second-order valence-electron chi connectivity index (χ2n) is 3.55. The molecule has 2 aromatic rings. The average molecular weight is 312 g/mol. The van der Waals surface area contributed by atoms with E-state index in [0.29, 0.717) is 0 Å². The number of hydrogen-bond acceptors (Lipinski definition) is 6. The van der Waals surface area contributed by atoms with Gasteiger partial charge in [0, 0.05) is 0 Å². The van der Waals surface area contributed by atoms with Crippen molar-refractivity contribution in [2.75, 3.05) is 0 Å². The van der Waals surface area contributed by atoms with Crippen LogP contribution >= 0.6 is 0 Å². The lowest BCUT2D eigenvalue weighted by Gasteiger charge is -1.88. The molecule has 0 amide bonds. The lowest BCUT2D eigenvalue weighted by atomic mass is 10.2. The third kappa shape index (κ3) is 3.72. The minimum absolute atomic E-state index is 0.336. The first-order valence-electron chi connectivity index (χ1n) is 5.33. The van der Waals surface area contributed by atoms with E-state index in [9.17, 15) is 19.2 Å². The Bertz CT molecular complexity index is 601. The fourth-order valence-electron chi connectivity index (χ4n) is 1.29. The molecule has 10 heteroatoms. The van der Waals surface area contributed by atoms with Gasteiger partial charge >= 0.3 is 23.9 Å². The summed E-state index contributed by atoms with van der Waals surface area (Å²) in [7, 11) is 0. The molecule has 0 unspecified atom stereocenters. The first-order valence-corrected chi connectivity index (χ1v) is 5.33. The summed E-state index contributed by atoms with van der Waals surface area (Å²) < 4.78 is 8.81. The molecular formula is C12H8O10. The maximum Gasteiger partial charge on any atom is 0.372 e. The predicted octanol–water partition coefficient (Wildman–Crippen LogP) is 1.35. The molecule has 10 nitrogen and oxygen atoms in total. The second-order valence-corrected chi connectivity index (χ2v) is 3.55. The summed E-state index contributed by atoms with van der Waals surface area (Å²) in [5.41, 5.74) is -0.671. The van der Waals surface area contributed by atoms with Crippen molar-refractivity contribution in [3.63, 3.8) is 0 Å².